The highest BCUT2D eigenvalue weighted by Crippen LogP contribution is 2.35. The number of nitrogens with zero attached hydrogens (tertiary/aromatic N) is 3. The Morgan fingerprint density at radius 1 is 1.06 bits per heavy atom. The van der Waals surface area contributed by atoms with Crippen molar-refractivity contribution in [3.05, 3.63) is 80.6 Å². The van der Waals surface area contributed by atoms with Crippen LogP contribution in [0.3, 0.4) is 0 Å². The third-order valence-electron chi connectivity index (χ3n) is 4.82. The number of carbonyl (C=O) groups excluding carboxylic acids is 3. The van der Waals surface area contributed by atoms with Crippen molar-refractivity contribution in [1.82, 2.24) is 20.1 Å². The number of hydrogen-bond acceptors (Lipinski definition) is 5. The maximum Gasteiger partial charge on any atom is 0.274 e. The molecule has 0 saturated carbocycles. The molecule has 2 amide bonds. The topological polar surface area (TPSA) is 106 Å². The number of ketones is 1. The van der Waals surface area contributed by atoms with Crippen molar-refractivity contribution in [2.24, 2.45) is 0 Å². The van der Waals surface area contributed by atoms with Crippen molar-refractivity contribution < 1.29 is 14.4 Å². The van der Waals surface area contributed by atoms with Crippen LogP contribution in [-0.2, 0) is 4.79 Å². The molecule has 11 heteroatoms. The molecule has 0 atom stereocenters. The number of benzene rings is 2. The summed E-state index contributed by atoms with van der Waals surface area (Å²) in [6, 6.07) is 13.6. The zero-order chi connectivity index (χ0) is 24.4. The van der Waals surface area contributed by atoms with Crippen molar-refractivity contribution in [1.29, 1.82) is 0 Å². The standard InChI is InChI=1S/C23H16BrCl2N5O3/c1-12(32)11-28-22(33)15-9-13-5-2-3-6-14(13)19(26)20(15)29-23(34)17-10-18(24)30-31(17)21-16(25)7-4-8-27-21/h2-10H,11H2,1H3,(H,28,33)(H,29,34). The van der Waals surface area contributed by atoms with Gasteiger partial charge < -0.3 is 10.6 Å². The van der Waals surface area contributed by atoms with Gasteiger partial charge in [0.25, 0.3) is 11.8 Å². The predicted molar refractivity (Wildman–Crippen MR) is 134 cm³/mol. The first kappa shape index (κ1) is 23.9. The summed E-state index contributed by atoms with van der Waals surface area (Å²) < 4.78 is 1.66. The first-order valence-corrected chi connectivity index (χ1v) is 11.5. The molecule has 0 aliphatic heterocycles. The molecule has 172 valence electrons. The van der Waals surface area contributed by atoms with Crippen LogP contribution in [0, 0.1) is 0 Å². The lowest BCUT2D eigenvalue weighted by Crippen LogP contribution is -2.29. The summed E-state index contributed by atoms with van der Waals surface area (Å²) in [7, 11) is 0. The summed E-state index contributed by atoms with van der Waals surface area (Å²) in [4.78, 5) is 41.8. The van der Waals surface area contributed by atoms with Crippen LogP contribution in [0.4, 0.5) is 5.69 Å². The molecule has 0 saturated heterocycles. The van der Waals surface area contributed by atoms with Gasteiger partial charge in [-0.1, -0.05) is 47.5 Å². The Morgan fingerprint density at radius 3 is 2.56 bits per heavy atom. The number of halogens is 3. The van der Waals surface area contributed by atoms with Gasteiger partial charge >= 0.3 is 0 Å². The summed E-state index contributed by atoms with van der Waals surface area (Å²) >= 11 is 16.2. The number of rotatable bonds is 6. The molecule has 0 aliphatic rings. The molecule has 0 spiro atoms. The lowest BCUT2D eigenvalue weighted by molar-refractivity contribution is -0.116. The molecule has 0 unspecified atom stereocenters. The first-order chi connectivity index (χ1) is 16.3. The van der Waals surface area contributed by atoms with Crippen LogP contribution in [0.2, 0.25) is 10.0 Å². The maximum absolute atomic E-state index is 13.4. The van der Waals surface area contributed by atoms with Gasteiger partial charge in [-0.05, 0) is 46.4 Å². The summed E-state index contributed by atoms with van der Waals surface area (Å²) in [6.45, 7) is 1.20. The largest absolute Gasteiger partial charge is 0.345 e. The van der Waals surface area contributed by atoms with Crippen LogP contribution in [0.5, 0.6) is 0 Å². The van der Waals surface area contributed by atoms with Gasteiger partial charge in [-0.15, -0.1) is 0 Å². The second-order valence-electron chi connectivity index (χ2n) is 7.25. The lowest BCUT2D eigenvalue weighted by atomic mass is 10.0. The average molecular weight is 561 g/mol. The van der Waals surface area contributed by atoms with E-state index in [2.05, 4.69) is 36.6 Å². The average Bonchev–Trinajstić information content (AvgIpc) is 3.21. The Kier molecular flexibility index (Phi) is 6.97. The molecule has 8 nitrogen and oxygen atoms in total. The van der Waals surface area contributed by atoms with E-state index in [-0.39, 0.29) is 40.1 Å². The van der Waals surface area contributed by atoms with Gasteiger partial charge in [0, 0.05) is 17.6 Å². The molecule has 2 aromatic carbocycles. The van der Waals surface area contributed by atoms with E-state index in [1.54, 1.807) is 42.5 Å². The smallest absolute Gasteiger partial charge is 0.274 e. The van der Waals surface area contributed by atoms with Crippen LogP contribution in [0.1, 0.15) is 27.8 Å². The summed E-state index contributed by atoms with van der Waals surface area (Å²) in [5.41, 5.74) is 0.313. The van der Waals surface area contributed by atoms with Gasteiger partial charge in [0.2, 0.25) is 0 Å². The quantitative estimate of drug-likeness (QED) is 0.343. The number of nitrogens with one attached hydrogen (secondary N) is 2. The van der Waals surface area contributed by atoms with E-state index in [0.29, 0.717) is 20.4 Å². The molecular weight excluding hydrogens is 545 g/mol. The SMILES string of the molecule is CC(=O)CNC(=O)c1cc2ccccc2c(Cl)c1NC(=O)c1cc(Br)nn1-c1ncccc1Cl. The molecule has 0 aliphatic carbocycles. The van der Waals surface area contributed by atoms with Crippen LogP contribution >= 0.6 is 39.1 Å². The highest BCUT2D eigenvalue weighted by molar-refractivity contribution is 9.10. The number of carbonyl (C=O) groups is 3. The Hall–Kier alpha value is -3.27. The van der Waals surface area contributed by atoms with Crippen molar-refractivity contribution in [2.75, 3.05) is 11.9 Å². The predicted octanol–water partition coefficient (Wildman–Crippen LogP) is 5.06. The maximum atomic E-state index is 13.4. The minimum atomic E-state index is -0.599. The second kappa shape index (κ2) is 9.92. The van der Waals surface area contributed by atoms with E-state index in [4.69, 9.17) is 23.2 Å². The lowest BCUT2D eigenvalue weighted by Gasteiger charge is -2.16. The third kappa shape index (κ3) is 4.82. The summed E-state index contributed by atoms with van der Waals surface area (Å²) in [6.07, 6.45) is 1.52. The van der Waals surface area contributed by atoms with Gasteiger partial charge in [0.1, 0.15) is 16.1 Å². The molecule has 2 N–H and O–H groups in total. The molecule has 34 heavy (non-hydrogen) atoms. The van der Waals surface area contributed by atoms with E-state index in [1.807, 2.05) is 0 Å². The van der Waals surface area contributed by atoms with E-state index in [9.17, 15) is 14.4 Å². The fourth-order valence-corrected chi connectivity index (χ4v) is 4.19. The molecule has 2 heterocycles. The third-order valence-corrected chi connectivity index (χ3v) is 5.89. The number of hydrogen-bond donors (Lipinski definition) is 2. The molecule has 4 rings (SSSR count). The van der Waals surface area contributed by atoms with E-state index >= 15 is 0 Å². The Bertz CT molecular complexity index is 1450. The van der Waals surface area contributed by atoms with Crippen LogP contribution in [0.15, 0.2) is 59.3 Å². The molecule has 0 radical (unpaired) electrons. The monoisotopic (exact) mass is 559 g/mol. The fourth-order valence-electron chi connectivity index (χ4n) is 3.29. The zero-order valence-electron chi connectivity index (χ0n) is 17.6. The fraction of sp³-hybridized carbons (Fsp3) is 0.0870. The Labute approximate surface area is 212 Å². The number of anilines is 1. The van der Waals surface area contributed by atoms with Gasteiger partial charge in [0.05, 0.1) is 27.8 Å². The van der Waals surface area contributed by atoms with E-state index in [0.717, 1.165) is 0 Å². The molecule has 0 bridgehead atoms. The molecule has 2 aromatic heterocycles. The number of fused-ring (bicyclic) bond motifs is 1. The van der Waals surface area contributed by atoms with E-state index < -0.39 is 11.8 Å². The molecule has 4 aromatic rings. The first-order valence-electron chi connectivity index (χ1n) is 9.93. The van der Waals surface area contributed by atoms with Gasteiger partial charge in [0.15, 0.2) is 5.82 Å². The van der Waals surface area contributed by atoms with Crippen molar-refractivity contribution in [2.45, 2.75) is 6.92 Å². The van der Waals surface area contributed by atoms with Gasteiger partial charge in [-0.25, -0.2) is 9.67 Å². The normalized spacial score (nSPS) is 10.8. The van der Waals surface area contributed by atoms with Crippen molar-refractivity contribution >= 4 is 73.2 Å². The highest BCUT2D eigenvalue weighted by atomic mass is 79.9. The van der Waals surface area contributed by atoms with Crippen LogP contribution in [0.25, 0.3) is 16.6 Å². The zero-order valence-corrected chi connectivity index (χ0v) is 20.7. The minimum absolute atomic E-state index is 0.0995. The summed E-state index contributed by atoms with van der Waals surface area (Å²) in [5, 5.41) is 11.3. The van der Waals surface area contributed by atoms with Crippen LogP contribution in [-0.4, -0.2) is 38.9 Å². The van der Waals surface area contributed by atoms with Crippen LogP contribution < -0.4 is 10.6 Å². The Balaban J connectivity index is 1.79. The molecular formula is C23H16BrCl2N5O3. The highest BCUT2D eigenvalue weighted by Gasteiger charge is 2.23. The Morgan fingerprint density at radius 2 is 1.82 bits per heavy atom. The molecule has 0 fully saturated rings. The number of pyridine rings is 1. The van der Waals surface area contributed by atoms with E-state index in [1.165, 1.54) is 23.9 Å². The summed E-state index contributed by atoms with van der Waals surface area (Å²) in [5.74, 6) is -1.12. The van der Waals surface area contributed by atoms with Crippen molar-refractivity contribution in [3.63, 3.8) is 0 Å². The second-order valence-corrected chi connectivity index (χ2v) is 8.84. The van der Waals surface area contributed by atoms with Gasteiger partial charge in [-0.2, -0.15) is 5.10 Å². The minimum Gasteiger partial charge on any atom is -0.345 e. The number of aromatic nitrogens is 3. The van der Waals surface area contributed by atoms with Gasteiger partial charge in [-0.3, -0.25) is 14.4 Å². The van der Waals surface area contributed by atoms with Crippen molar-refractivity contribution in [3.8, 4) is 5.82 Å². The number of Topliss-reactive ketones (excluding diaryl/α,β-unsaturated/α-hetero) is 1. The number of amides is 2.